The molecular formula is C10H10BrClN2O. The number of hydrogen-bond acceptors (Lipinski definition) is 2. The van der Waals surface area contributed by atoms with Gasteiger partial charge in [-0.2, -0.15) is 0 Å². The normalized spacial score (nSPS) is 15.7. The van der Waals surface area contributed by atoms with Crippen molar-refractivity contribution in [2.75, 3.05) is 13.1 Å². The molecule has 80 valence electrons. The van der Waals surface area contributed by atoms with E-state index in [1.165, 1.54) is 0 Å². The van der Waals surface area contributed by atoms with Crippen LogP contribution in [0.25, 0.3) is 0 Å². The molecule has 0 spiro atoms. The van der Waals surface area contributed by atoms with Gasteiger partial charge < -0.3 is 4.90 Å². The summed E-state index contributed by atoms with van der Waals surface area (Å²) in [5.41, 5.74) is 0.349. The lowest BCUT2D eigenvalue weighted by atomic mass is 10.3. The zero-order valence-electron chi connectivity index (χ0n) is 8.04. The van der Waals surface area contributed by atoms with Crippen LogP contribution in [0, 0.1) is 0 Å². The highest BCUT2D eigenvalue weighted by Gasteiger charge is 2.22. The molecule has 0 aliphatic carbocycles. The van der Waals surface area contributed by atoms with E-state index >= 15 is 0 Å². The average molecular weight is 290 g/mol. The topological polar surface area (TPSA) is 33.2 Å². The third-order valence-corrected chi connectivity index (χ3v) is 3.13. The molecule has 2 heterocycles. The van der Waals surface area contributed by atoms with Crippen LogP contribution in [0.3, 0.4) is 0 Å². The van der Waals surface area contributed by atoms with Crippen molar-refractivity contribution in [3.63, 3.8) is 0 Å². The van der Waals surface area contributed by atoms with Gasteiger partial charge in [0.25, 0.3) is 5.91 Å². The van der Waals surface area contributed by atoms with Gasteiger partial charge in [0.2, 0.25) is 0 Å². The van der Waals surface area contributed by atoms with Crippen LogP contribution in [0.5, 0.6) is 0 Å². The predicted molar refractivity (Wildman–Crippen MR) is 62.1 cm³/mol. The lowest BCUT2D eigenvalue weighted by Gasteiger charge is -2.15. The van der Waals surface area contributed by atoms with Gasteiger partial charge in [-0.1, -0.05) is 11.6 Å². The Balaban J connectivity index is 2.24. The molecule has 0 unspecified atom stereocenters. The van der Waals surface area contributed by atoms with Gasteiger partial charge in [0, 0.05) is 23.8 Å². The van der Waals surface area contributed by atoms with Crippen LogP contribution in [-0.2, 0) is 0 Å². The molecule has 0 N–H and O–H groups in total. The van der Waals surface area contributed by atoms with Crippen molar-refractivity contribution in [1.82, 2.24) is 9.88 Å². The Morgan fingerprint density at radius 3 is 2.73 bits per heavy atom. The monoisotopic (exact) mass is 288 g/mol. The smallest absolute Gasteiger partial charge is 0.273 e. The third kappa shape index (κ3) is 2.32. The van der Waals surface area contributed by atoms with Gasteiger partial charge >= 0.3 is 0 Å². The molecule has 1 saturated heterocycles. The van der Waals surface area contributed by atoms with Crippen molar-refractivity contribution in [1.29, 1.82) is 0 Å². The van der Waals surface area contributed by atoms with E-state index in [4.69, 9.17) is 11.6 Å². The summed E-state index contributed by atoms with van der Waals surface area (Å²) < 4.78 is 0.783. The predicted octanol–water partition coefficient (Wildman–Crippen LogP) is 2.73. The van der Waals surface area contributed by atoms with Crippen molar-refractivity contribution >= 4 is 33.4 Å². The Bertz CT molecular complexity index is 391. The second-order valence-electron chi connectivity index (χ2n) is 3.48. The molecule has 0 saturated carbocycles. The third-order valence-electron chi connectivity index (χ3n) is 2.40. The zero-order valence-corrected chi connectivity index (χ0v) is 10.4. The second-order valence-corrected chi connectivity index (χ2v) is 4.81. The second kappa shape index (κ2) is 4.49. The SMILES string of the molecule is O=C(c1ncc(Br)cc1Cl)N1CCCC1. The number of carbonyl (C=O) groups excluding carboxylic acids is 1. The van der Waals surface area contributed by atoms with Gasteiger partial charge in [-0.05, 0) is 34.8 Å². The first-order valence-corrected chi connectivity index (χ1v) is 5.96. The largest absolute Gasteiger partial charge is 0.337 e. The number of carbonyl (C=O) groups is 1. The molecule has 1 fully saturated rings. The van der Waals surface area contributed by atoms with Crippen LogP contribution < -0.4 is 0 Å². The van der Waals surface area contributed by atoms with E-state index in [1.807, 2.05) is 0 Å². The van der Waals surface area contributed by atoms with E-state index in [0.29, 0.717) is 10.7 Å². The minimum Gasteiger partial charge on any atom is -0.337 e. The fourth-order valence-electron chi connectivity index (χ4n) is 1.64. The highest BCUT2D eigenvalue weighted by Crippen LogP contribution is 2.21. The van der Waals surface area contributed by atoms with Crippen LogP contribution in [0.4, 0.5) is 0 Å². The molecule has 0 atom stereocenters. The molecule has 5 heteroatoms. The maximum Gasteiger partial charge on any atom is 0.273 e. The number of amides is 1. The molecule has 1 aromatic heterocycles. The molecule has 15 heavy (non-hydrogen) atoms. The summed E-state index contributed by atoms with van der Waals surface area (Å²) in [6.45, 7) is 1.62. The number of pyridine rings is 1. The minimum atomic E-state index is -0.0648. The van der Waals surface area contributed by atoms with E-state index in [-0.39, 0.29) is 5.91 Å². The van der Waals surface area contributed by atoms with Crippen molar-refractivity contribution in [3.8, 4) is 0 Å². The van der Waals surface area contributed by atoms with Crippen molar-refractivity contribution < 1.29 is 4.79 Å². The number of aromatic nitrogens is 1. The van der Waals surface area contributed by atoms with Crippen LogP contribution in [0.2, 0.25) is 5.02 Å². The fraction of sp³-hybridized carbons (Fsp3) is 0.400. The van der Waals surface area contributed by atoms with Gasteiger partial charge in [-0.3, -0.25) is 4.79 Å². The van der Waals surface area contributed by atoms with Crippen molar-refractivity contribution in [2.24, 2.45) is 0 Å². The number of nitrogens with zero attached hydrogens (tertiary/aromatic N) is 2. The molecule has 2 rings (SSSR count). The van der Waals surface area contributed by atoms with Crippen LogP contribution in [-0.4, -0.2) is 28.9 Å². The van der Waals surface area contributed by atoms with Crippen LogP contribution >= 0.6 is 27.5 Å². The van der Waals surface area contributed by atoms with Gasteiger partial charge in [0.1, 0.15) is 5.69 Å². The van der Waals surface area contributed by atoms with Gasteiger partial charge in [-0.15, -0.1) is 0 Å². The van der Waals surface area contributed by atoms with Crippen LogP contribution in [0.1, 0.15) is 23.3 Å². The highest BCUT2D eigenvalue weighted by atomic mass is 79.9. The first kappa shape index (κ1) is 10.9. The molecule has 1 aromatic rings. The molecular weight excluding hydrogens is 279 g/mol. The fourth-order valence-corrected chi connectivity index (χ4v) is 2.35. The number of halogens is 2. The number of hydrogen-bond donors (Lipinski definition) is 0. The lowest BCUT2D eigenvalue weighted by Crippen LogP contribution is -2.28. The van der Waals surface area contributed by atoms with Gasteiger partial charge in [0.05, 0.1) is 5.02 Å². The Morgan fingerprint density at radius 2 is 2.13 bits per heavy atom. The molecule has 3 nitrogen and oxygen atoms in total. The minimum absolute atomic E-state index is 0.0648. The van der Waals surface area contributed by atoms with E-state index in [0.717, 1.165) is 30.4 Å². The van der Waals surface area contributed by atoms with Crippen molar-refractivity contribution in [2.45, 2.75) is 12.8 Å². The van der Waals surface area contributed by atoms with E-state index in [1.54, 1.807) is 17.2 Å². The Kier molecular flexibility index (Phi) is 3.26. The summed E-state index contributed by atoms with van der Waals surface area (Å²) in [6, 6.07) is 1.69. The molecule has 0 bridgehead atoms. The average Bonchev–Trinajstić information content (AvgIpc) is 2.69. The summed E-state index contributed by atoms with van der Waals surface area (Å²) in [5, 5.41) is 0.404. The lowest BCUT2D eigenvalue weighted by molar-refractivity contribution is 0.0787. The van der Waals surface area contributed by atoms with E-state index in [9.17, 15) is 4.79 Å². The van der Waals surface area contributed by atoms with Crippen molar-refractivity contribution in [3.05, 3.63) is 27.5 Å². The summed E-state index contributed by atoms with van der Waals surface area (Å²) in [7, 11) is 0. The Labute approximate surface area is 102 Å². The molecule has 1 aliphatic rings. The van der Waals surface area contributed by atoms with E-state index < -0.39 is 0 Å². The summed E-state index contributed by atoms with van der Waals surface area (Å²) in [5.74, 6) is -0.0648. The molecule has 1 amide bonds. The number of likely N-dealkylation sites (tertiary alicyclic amines) is 1. The zero-order chi connectivity index (χ0) is 10.8. The summed E-state index contributed by atoms with van der Waals surface area (Å²) >= 11 is 9.22. The first-order chi connectivity index (χ1) is 7.18. The van der Waals surface area contributed by atoms with Gasteiger partial charge in [0.15, 0.2) is 0 Å². The quantitative estimate of drug-likeness (QED) is 0.796. The maximum absolute atomic E-state index is 11.9. The Morgan fingerprint density at radius 1 is 1.47 bits per heavy atom. The highest BCUT2D eigenvalue weighted by molar-refractivity contribution is 9.10. The molecule has 0 radical (unpaired) electrons. The standard InChI is InChI=1S/C10H10BrClN2O/c11-7-5-8(12)9(13-6-7)10(15)14-3-1-2-4-14/h5-6H,1-4H2. The summed E-state index contributed by atoms with van der Waals surface area (Å²) in [4.78, 5) is 17.8. The molecule has 0 aromatic carbocycles. The maximum atomic E-state index is 11.9. The number of rotatable bonds is 1. The Hall–Kier alpha value is -0.610. The van der Waals surface area contributed by atoms with Gasteiger partial charge in [-0.25, -0.2) is 4.98 Å². The van der Waals surface area contributed by atoms with E-state index in [2.05, 4.69) is 20.9 Å². The molecule has 1 aliphatic heterocycles. The summed E-state index contributed by atoms with van der Waals surface area (Å²) in [6.07, 6.45) is 3.73. The first-order valence-electron chi connectivity index (χ1n) is 4.79. The van der Waals surface area contributed by atoms with Crippen LogP contribution in [0.15, 0.2) is 16.7 Å².